The third-order valence-electron chi connectivity index (χ3n) is 4.82. The zero-order valence-corrected chi connectivity index (χ0v) is 16.0. The fourth-order valence-corrected chi connectivity index (χ4v) is 5.29. The first kappa shape index (κ1) is 17.8. The van der Waals surface area contributed by atoms with E-state index >= 15 is 0 Å². The number of hydrogen-bond donors (Lipinski definition) is 1. The quantitative estimate of drug-likeness (QED) is 0.733. The highest BCUT2D eigenvalue weighted by Gasteiger charge is 2.36. The molecule has 1 atom stereocenters. The van der Waals surface area contributed by atoms with Gasteiger partial charge in [0.05, 0.1) is 17.1 Å². The number of anilines is 1. The van der Waals surface area contributed by atoms with Gasteiger partial charge in [-0.05, 0) is 43.0 Å². The molecule has 0 saturated heterocycles. The van der Waals surface area contributed by atoms with E-state index in [4.69, 9.17) is 4.74 Å². The van der Waals surface area contributed by atoms with Gasteiger partial charge in [-0.2, -0.15) is 0 Å². The summed E-state index contributed by atoms with van der Waals surface area (Å²) in [6.07, 6.45) is -0.954. The summed E-state index contributed by atoms with van der Waals surface area (Å²) < 4.78 is 32.9. The van der Waals surface area contributed by atoms with Crippen LogP contribution in [0.4, 0.5) is 5.69 Å². The van der Waals surface area contributed by atoms with Gasteiger partial charge < -0.3 is 9.84 Å². The summed E-state index contributed by atoms with van der Waals surface area (Å²) in [7, 11) is -3.67. The van der Waals surface area contributed by atoms with E-state index < -0.39 is 16.1 Å². The molecule has 0 spiro atoms. The van der Waals surface area contributed by atoms with Crippen LogP contribution in [0.25, 0.3) is 10.8 Å². The lowest BCUT2D eigenvalue weighted by molar-refractivity contribution is 0.114. The molecule has 27 heavy (non-hydrogen) atoms. The van der Waals surface area contributed by atoms with Gasteiger partial charge in [-0.3, -0.25) is 4.31 Å². The highest BCUT2D eigenvalue weighted by atomic mass is 32.2. The number of ether oxygens (including phenoxy) is 1. The van der Waals surface area contributed by atoms with Gasteiger partial charge in [-0.25, -0.2) is 8.42 Å². The summed E-state index contributed by atoms with van der Waals surface area (Å²) in [5.74, 6) is 0.689. The number of hydrogen-bond acceptors (Lipinski definition) is 4. The first-order chi connectivity index (χ1) is 12.9. The van der Waals surface area contributed by atoms with E-state index in [0.717, 1.165) is 16.5 Å². The molecule has 3 aromatic rings. The van der Waals surface area contributed by atoms with Crippen LogP contribution in [-0.2, 0) is 10.0 Å². The fraction of sp³-hybridized carbons (Fsp3) is 0.238. The summed E-state index contributed by atoms with van der Waals surface area (Å²) >= 11 is 0. The number of sulfonamides is 1. The van der Waals surface area contributed by atoms with E-state index in [9.17, 15) is 13.5 Å². The zero-order valence-electron chi connectivity index (χ0n) is 15.2. The van der Waals surface area contributed by atoms with E-state index in [1.165, 1.54) is 4.31 Å². The van der Waals surface area contributed by atoms with Gasteiger partial charge in [0.2, 0.25) is 0 Å². The molecule has 1 aliphatic rings. The molecular weight excluding hydrogens is 362 g/mol. The summed E-state index contributed by atoms with van der Waals surface area (Å²) in [5, 5.41) is 12.0. The maximum absolute atomic E-state index is 12.9. The van der Waals surface area contributed by atoms with Gasteiger partial charge in [0.25, 0.3) is 10.0 Å². The van der Waals surface area contributed by atoms with E-state index in [2.05, 4.69) is 0 Å². The second-order valence-electron chi connectivity index (χ2n) is 6.90. The van der Waals surface area contributed by atoms with Crippen LogP contribution in [-0.4, -0.2) is 32.8 Å². The Balaban J connectivity index is 1.55. The molecule has 1 N–H and O–H groups in total. The minimum absolute atomic E-state index is 0.0161. The van der Waals surface area contributed by atoms with Crippen LogP contribution in [0.5, 0.6) is 5.75 Å². The SMILES string of the molecule is Cc1ccc(OCC(O)CN2c3cccc4cccc(c34)S2(=O)=O)c(C)c1. The van der Waals surface area contributed by atoms with Crippen LogP contribution in [0, 0.1) is 13.8 Å². The van der Waals surface area contributed by atoms with E-state index in [1.54, 1.807) is 18.2 Å². The van der Waals surface area contributed by atoms with Crippen molar-refractivity contribution in [2.45, 2.75) is 24.8 Å². The van der Waals surface area contributed by atoms with E-state index in [1.807, 2.05) is 50.2 Å². The summed E-state index contributed by atoms with van der Waals surface area (Å²) in [6.45, 7) is 3.91. The zero-order chi connectivity index (χ0) is 19.2. The normalized spacial score (nSPS) is 15.9. The number of aliphatic hydroxyl groups excluding tert-OH is 1. The molecule has 6 heteroatoms. The third kappa shape index (κ3) is 3.05. The highest BCUT2D eigenvalue weighted by Crippen LogP contribution is 2.41. The molecule has 1 unspecified atom stereocenters. The molecule has 0 fully saturated rings. The van der Waals surface area contributed by atoms with E-state index in [-0.39, 0.29) is 18.0 Å². The summed E-state index contributed by atoms with van der Waals surface area (Å²) in [6, 6.07) is 16.5. The molecule has 1 heterocycles. The number of β-amino-alcohol motifs (C(OH)–C–C–N with tert-alkyl or cyclic N) is 1. The Labute approximate surface area is 158 Å². The van der Waals surface area contributed by atoms with Crippen molar-refractivity contribution in [3.8, 4) is 5.75 Å². The molecule has 0 saturated carbocycles. The Morgan fingerprint density at radius 2 is 1.81 bits per heavy atom. The van der Waals surface area contributed by atoms with Crippen molar-refractivity contribution in [2.24, 2.45) is 0 Å². The number of aryl methyl sites for hydroxylation is 2. The molecule has 140 valence electrons. The lowest BCUT2D eigenvalue weighted by Crippen LogP contribution is -2.37. The van der Waals surface area contributed by atoms with Gasteiger partial charge in [0, 0.05) is 5.39 Å². The highest BCUT2D eigenvalue weighted by molar-refractivity contribution is 7.93. The topological polar surface area (TPSA) is 66.8 Å². The molecule has 5 nitrogen and oxygen atoms in total. The molecule has 4 rings (SSSR count). The van der Waals surface area contributed by atoms with Gasteiger partial charge in [-0.1, -0.05) is 42.0 Å². The Hall–Kier alpha value is -2.57. The number of rotatable bonds is 5. The molecule has 0 aliphatic carbocycles. The van der Waals surface area contributed by atoms with Crippen molar-refractivity contribution < 1.29 is 18.3 Å². The van der Waals surface area contributed by atoms with Crippen LogP contribution < -0.4 is 9.04 Å². The van der Waals surface area contributed by atoms with Crippen LogP contribution in [0.2, 0.25) is 0 Å². The summed E-state index contributed by atoms with van der Waals surface area (Å²) in [5.41, 5.74) is 2.72. The second kappa shape index (κ2) is 6.55. The largest absolute Gasteiger partial charge is 0.491 e. The molecule has 0 aromatic heterocycles. The summed E-state index contributed by atoms with van der Waals surface area (Å²) in [4.78, 5) is 0.290. The lowest BCUT2D eigenvalue weighted by Gasteiger charge is -2.22. The molecule has 3 aromatic carbocycles. The van der Waals surface area contributed by atoms with Crippen molar-refractivity contribution in [1.29, 1.82) is 0 Å². The van der Waals surface area contributed by atoms with Crippen LogP contribution >= 0.6 is 0 Å². The predicted octanol–water partition coefficient (Wildman–Crippen LogP) is 3.41. The van der Waals surface area contributed by atoms with Gasteiger partial charge in [0.15, 0.2) is 0 Å². The van der Waals surface area contributed by atoms with Crippen molar-refractivity contribution in [1.82, 2.24) is 0 Å². The maximum atomic E-state index is 12.9. The maximum Gasteiger partial charge on any atom is 0.265 e. The van der Waals surface area contributed by atoms with Crippen molar-refractivity contribution in [3.05, 3.63) is 65.7 Å². The van der Waals surface area contributed by atoms with Gasteiger partial charge >= 0.3 is 0 Å². The van der Waals surface area contributed by atoms with Crippen LogP contribution in [0.15, 0.2) is 59.5 Å². The molecule has 1 aliphatic heterocycles. The van der Waals surface area contributed by atoms with Gasteiger partial charge in [0.1, 0.15) is 18.5 Å². The Morgan fingerprint density at radius 3 is 2.56 bits per heavy atom. The van der Waals surface area contributed by atoms with Crippen molar-refractivity contribution in [3.63, 3.8) is 0 Å². The number of nitrogens with zero attached hydrogens (tertiary/aromatic N) is 1. The third-order valence-corrected chi connectivity index (χ3v) is 6.64. The second-order valence-corrected chi connectivity index (χ2v) is 8.73. The first-order valence-electron chi connectivity index (χ1n) is 8.80. The first-order valence-corrected chi connectivity index (χ1v) is 10.2. The number of aliphatic hydroxyl groups is 1. The lowest BCUT2D eigenvalue weighted by atomic mass is 10.1. The molecular formula is C21H21NO4S. The van der Waals surface area contributed by atoms with Crippen LogP contribution in [0.3, 0.4) is 0 Å². The number of benzene rings is 3. The Kier molecular flexibility index (Phi) is 4.32. The monoisotopic (exact) mass is 383 g/mol. The smallest absolute Gasteiger partial charge is 0.265 e. The van der Waals surface area contributed by atoms with Crippen molar-refractivity contribution >= 4 is 26.5 Å². The van der Waals surface area contributed by atoms with Crippen molar-refractivity contribution in [2.75, 3.05) is 17.5 Å². The van der Waals surface area contributed by atoms with E-state index in [0.29, 0.717) is 16.8 Å². The Bertz CT molecular complexity index is 1120. The minimum atomic E-state index is -3.67. The fourth-order valence-electron chi connectivity index (χ4n) is 3.55. The molecule has 0 radical (unpaired) electrons. The molecule has 0 bridgehead atoms. The Morgan fingerprint density at radius 1 is 1.07 bits per heavy atom. The predicted molar refractivity (Wildman–Crippen MR) is 106 cm³/mol. The van der Waals surface area contributed by atoms with Gasteiger partial charge in [-0.15, -0.1) is 0 Å². The van der Waals surface area contributed by atoms with Crippen LogP contribution in [0.1, 0.15) is 11.1 Å². The average Bonchev–Trinajstić information content (AvgIpc) is 2.84. The standard InChI is InChI=1S/C21H21NO4S/c1-14-9-10-19(15(2)11-14)26-13-17(23)12-22-18-7-3-5-16-6-4-8-20(21(16)18)27(22,24)25/h3-11,17,23H,12-13H2,1-2H3. The molecule has 0 amide bonds. The average molecular weight is 383 g/mol. The minimum Gasteiger partial charge on any atom is -0.491 e.